The van der Waals surface area contributed by atoms with Crippen LogP contribution in [0.25, 0.3) is 0 Å². The Morgan fingerprint density at radius 2 is 1.71 bits per heavy atom. The molecule has 0 aliphatic carbocycles. The lowest BCUT2D eigenvalue weighted by Crippen LogP contribution is -2.41. The van der Waals surface area contributed by atoms with E-state index >= 15 is 0 Å². The van der Waals surface area contributed by atoms with E-state index in [0.29, 0.717) is 6.54 Å². The van der Waals surface area contributed by atoms with Gasteiger partial charge in [0, 0.05) is 6.54 Å². The average Bonchev–Trinajstić information content (AvgIpc) is 2.59. The van der Waals surface area contributed by atoms with Gasteiger partial charge in [-0.3, -0.25) is 9.10 Å². The van der Waals surface area contributed by atoms with Gasteiger partial charge in [0.2, 0.25) is 5.91 Å². The third-order valence-electron chi connectivity index (χ3n) is 3.31. The minimum atomic E-state index is -3.91. The number of rotatable bonds is 7. The van der Waals surface area contributed by atoms with Crippen LogP contribution in [0.3, 0.4) is 0 Å². The second-order valence-corrected chi connectivity index (χ2v) is 7.40. The van der Waals surface area contributed by atoms with Crippen molar-refractivity contribution in [3.63, 3.8) is 0 Å². The fourth-order valence-corrected chi connectivity index (χ4v) is 3.87. The molecule has 0 saturated carbocycles. The van der Waals surface area contributed by atoms with Gasteiger partial charge in [-0.15, -0.1) is 0 Å². The van der Waals surface area contributed by atoms with Crippen LogP contribution in [0, 0.1) is 0 Å². The maximum atomic E-state index is 13.0. The van der Waals surface area contributed by atoms with Crippen molar-refractivity contribution in [1.82, 2.24) is 5.32 Å². The first-order chi connectivity index (χ1) is 11.5. The highest BCUT2D eigenvalue weighted by atomic mass is 35.5. The Morgan fingerprint density at radius 3 is 2.33 bits per heavy atom. The zero-order chi connectivity index (χ0) is 17.6. The first-order valence-corrected chi connectivity index (χ1v) is 9.37. The highest BCUT2D eigenvalue weighted by Crippen LogP contribution is 2.30. The number of nitrogens with one attached hydrogen (secondary N) is 1. The number of anilines is 1. The first kappa shape index (κ1) is 18.3. The number of amides is 1. The third-order valence-corrected chi connectivity index (χ3v) is 5.41. The summed E-state index contributed by atoms with van der Waals surface area (Å²) in [5.41, 5.74) is 0.273. The van der Waals surface area contributed by atoms with Crippen LogP contribution in [0.5, 0.6) is 0 Å². The summed E-state index contributed by atoms with van der Waals surface area (Å²) in [5, 5.41) is 2.95. The maximum absolute atomic E-state index is 13.0. The van der Waals surface area contributed by atoms with Crippen molar-refractivity contribution in [3.05, 3.63) is 59.6 Å². The first-order valence-electron chi connectivity index (χ1n) is 7.56. The predicted octanol–water partition coefficient (Wildman–Crippen LogP) is 3.06. The Labute approximate surface area is 147 Å². The van der Waals surface area contributed by atoms with Gasteiger partial charge in [-0.05, 0) is 30.7 Å². The topological polar surface area (TPSA) is 66.5 Å². The van der Waals surface area contributed by atoms with Crippen molar-refractivity contribution in [2.75, 3.05) is 17.4 Å². The lowest BCUT2D eigenvalue weighted by molar-refractivity contribution is -0.119. The maximum Gasteiger partial charge on any atom is 0.264 e. The lowest BCUT2D eigenvalue weighted by Gasteiger charge is -2.25. The molecular weight excluding hydrogens is 348 g/mol. The molecule has 0 aliphatic heterocycles. The van der Waals surface area contributed by atoms with E-state index in [2.05, 4.69) is 5.32 Å². The van der Waals surface area contributed by atoms with Gasteiger partial charge in [-0.1, -0.05) is 48.9 Å². The van der Waals surface area contributed by atoms with Crippen molar-refractivity contribution in [3.8, 4) is 0 Å². The molecule has 0 aliphatic rings. The van der Waals surface area contributed by atoms with E-state index in [-0.39, 0.29) is 28.1 Å². The number of para-hydroxylation sites is 1. The Kier molecular flexibility index (Phi) is 6.23. The number of sulfonamides is 1. The summed E-state index contributed by atoms with van der Waals surface area (Å²) in [6.07, 6.45) is 0.767. The summed E-state index contributed by atoms with van der Waals surface area (Å²) < 4.78 is 27.0. The molecule has 24 heavy (non-hydrogen) atoms. The fraction of sp³-hybridized carbons (Fsp3) is 0.235. The number of carbonyl (C=O) groups is 1. The van der Waals surface area contributed by atoms with Crippen LogP contribution in [0.2, 0.25) is 5.02 Å². The van der Waals surface area contributed by atoms with Crippen LogP contribution in [-0.4, -0.2) is 27.4 Å². The van der Waals surface area contributed by atoms with Gasteiger partial charge in [0.15, 0.2) is 0 Å². The molecule has 128 valence electrons. The van der Waals surface area contributed by atoms with Crippen LogP contribution in [0.4, 0.5) is 5.69 Å². The van der Waals surface area contributed by atoms with Crippen LogP contribution < -0.4 is 9.62 Å². The van der Waals surface area contributed by atoms with Gasteiger partial charge in [0.1, 0.15) is 6.54 Å². The number of halogens is 1. The number of benzene rings is 2. The Hall–Kier alpha value is -2.05. The normalized spacial score (nSPS) is 11.1. The monoisotopic (exact) mass is 366 g/mol. The molecule has 0 fully saturated rings. The summed E-state index contributed by atoms with van der Waals surface area (Å²) in [7, 11) is -3.91. The van der Waals surface area contributed by atoms with Gasteiger partial charge in [-0.2, -0.15) is 0 Å². The standard InChI is InChI=1S/C17H19ClN2O3S/c1-2-12-19-17(21)13-20(16-11-7-6-10-15(16)18)24(22,23)14-8-4-3-5-9-14/h3-11H,2,12-13H2,1H3,(H,19,21). The molecule has 0 spiro atoms. The SMILES string of the molecule is CCCNC(=O)CN(c1ccccc1Cl)S(=O)(=O)c1ccccc1. The van der Waals surface area contributed by atoms with E-state index in [9.17, 15) is 13.2 Å². The largest absolute Gasteiger partial charge is 0.355 e. The van der Waals surface area contributed by atoms with E-state index < -0.39 is 10.0 Å². The van der Waals surface area contributed by atoms with Gasteiger partial charge < -0.3 is 5.32 Å². The van der Waals surface area contributed by atoms with Crippen molar-refractivity contribution in [1.29, 1.82) is 0 Å². The summed E-state index contributed by atoms with van der Waals surface area (Å²) in [6, 6.07) is 14.5. The fourth-order valence-electron chi connectivity index (χ4n) is 2.12. The molecule has 0 bridgehead atoms. The molecule has 5 nitrogen and oxygen atoms in total. The quantitative estimate of drug-likeness (QED) is 0.818. The highest BCUT2D eigenvalue weighted by molar-refractivity contribution is 7.92. The Bertz CT molecular complexity index is 794. The van der Waals surface area contributed by atoms with Gasteiger partial charge in [0.25, 0.3) is 10.0 Å². The number of nitrogens with zero attached hydrogens (tertiary/aromatic N) is 1. The summed E-state index contributed by atoms with van der Waals surface area (Å²) in [6.45, 7) is 2.08. The molecule has 2 aromatic carbocycles. The minimum absolute atomic E-state index is 0.105. The summed E-state index contributed by atoms with van der Waals surface area (Å²) in [4.78, 5) is 12.2. The van der Waals surface area contributed by atoms with Crippen LogP contribution in [0.1, 0.15) is 13.3 Å². The number of carbonyl (C=O) groups excluding carboxylic acids is 1. The third kappa shape index (κ3) is 4.27. The molecule has 0 aromatic heterocycles. The smallest absolute Gasteiger partial charge is 0.264 e. The van der Waals surface area contributed by atoms with Gasteiger partial charge in [-0.25, -0.2) is 8.42 Å². The Balaban J connectivity index is 2.43. The van der Waals surface area contributed by atoms with Crippen molar-refractivity contribution in [2.24, 2.45) is 0 Å². The molecule has 0 saturated heterocycles. The predicted molar refractivity (Wildman–Crippen MR) is 95.7 cm³/mol. The average molecular weight is 367 g/mol. The van der Waals surface area contributed by atoms with E-state index in [1.807, 2.05) is 6.92 Å². The molecule has 1 N–H and O–H groups in total. The van der Waals surface area contributed by atoms with E-state index in [0.717, 1.165) is 10.7 Å². The zero-order valence-electron chi connectivity index (χ0n) is 13.3. The molecule has 0 heterocycles. The molecule has 0 unspecified atom stereocenters. The zero-order valence-corrected chi connectivity index (χ0v) is 14.8. The van der Waals surface area contributed by atoms with Crippen LogP contribution >= 0.6 is 11.6 Å². The molecule has 0 radical (unpaired) electrons. The molecule has 7 heteroatoms. The lowest BCUT2D eigenvalue weighted by atomic mass is 10.3. The van der Waals surface area contributed by atoms with Crippen molar-refractivity contribution < 1.29 is 13.2 Å². The number of hydrogen-bond donors (Lipinski definition) is 1. The van der Waals surface area contributed by atoms with Crippen LogP contribution in [0.15, 0.2) is 59.5 Å². The summed E-state index contributed by atoms with van der Waals surface area (Å²) >= 11 is 6.16. The van der Waals surface area contributed by atoms with E-state index in [1.165, 1.54) is 12.1 Å². The molecular formula is C17H19ClN2O3S. The van der Waals surface area contributed by atoms with Crippen molar-refractivity contribution in [2.45, 2.75) is 18.2 Å². The molecule has 1 amide bonds. The minimum Gasteiger partial charge on any atom is -0.355 e. The molecule has 2 rings (SSSR count). The second kappa shape index (κ2) is 8.17. The Morgan fingerprint density at radius 1 is 1.08 bits per heavy atom. The van der Waals surface area contributed by atoms with Crippen molar-refractivity contribution >= 4 is 33.2 Å². The molecule has 0 atom stereocenters. The molecule has 2 aromatic rings. The second-order valence-electron chi connectivity index (χ2n) is 5.13. The van der Waals surface area contributed by atoms with Gasteiger partial charge >= 0.3 is 0 Å². The highest BCUT2D eigenvalue weighted by Gasteiger charge is 2.28. The van der Waals surface area contributed by atoms with E-state index in [4.69, 9.17) is 11.6 Å². The number of hydrogen-bond acceptors (Lipinski definition) is 3. The van der Waals surface area contributed by atoms with Gasteiger partial charge in [0.05, 0.1) is 15.6 Å². The summed E-state index contributed by atoms with van der Waals surface area (Å²) in [5.74, 6) is -0.378. The van der Waals surface area contributed by atoms with Crippen LogP contribution in [-0.2, 0) is 14.8 Å². The van der Waals surface area contributed by atoms with E-state index in [1.54, 1.807) is 42.5 Å².